The highest BCUT2D eigenvalue weighted by atomic mass is 19.1. The van der Waals surface area contributed by atoms with E-state index in [2.05, 4.69) is 25.5 Å². The van der Waals surface area contributed by atoms with Gasteiger partial charge in [0.1, 0.15) is 5.82 Å². The number of nitrogens with one attached hydrogen (secondary N) is 2. The largest absolute Gasteiger partial charge is 0.394 e. The van der Waals surface area contributed by atoms with Crippen LogP contribution in [0.1, 0.15) is 34.9 Å². The fraction of sp³-hybridized carbons (Fsp3) is 0.444. The molecule has 0 bridgehead atoms. The minimum Gasteiger partial charge on any atom is -0.394 e. The van der Waals surface area contributed by atoms with Gasteiger partial charge in [-0.1, -0.05) is 7.43 Å². The van der Waals surface area contributed by atoms with Crippen LogP contribution < -0.4 is 20.4 Å². The number of halogens is 1. The summed E-state index contributed by atoms with van der Waals surface area (Å²) in [6, 6.07) is 7.25. The number of hydrogen-bond donors (Lipinski definition) is 3. The number of urea groups is 1. The molecule has 1 saturated heterocycles. The zero-order valence-electron chi connectivity index (χ0n) is 20.6. The Morgan fingerprint density at radius 1 is 1.21 bits per heavy atom. The Morgan fingerprint density at radius 3 is 2.68 bits per heavy atom. The molecule has 3 unspecified atom stereocenters. The maximum Gasteiger partial charge on any atom is 0.319 e. The summed E-state index contributed by atoms with van der Waals surface area (Å²) in [5.41, 5.74) is 3.45. The Hall–Kier alpha value is -3.86. The third-order valence-corrected chi connectivity index (χ3v) is 7.43. The first-order valence-corrected chi connectivity index (χ1v) is 12.7. The Kier molecular flexibility index (Phi) is 7.11. The average molecular weight is 525 g/mol. The molecule has 38 heavy (non-hydrogen) atoms. The molecule has 204 valence electrons. The molecule has 1 saturated carbocycles. The van der Waals surface area contributed by atoms with Gasteiger partial charge in [0, 0.05) is 39.3 Å². The number of carbonyl (C=O) groups is 1. The lowest BCUT2D eigenvalue weighted by Crippen LogP contribution is -2.39. The molecule has 3 aromatic rings. The molecule has 1 aromatic carbocycles. The molecule has 6 rings (SSSR count). The van der Waals surface area contributed by atoms with E-state index in [1.807, 2.05) is 36.1 Å². The third kappa shape index (κ3) is 4.85. The number of carbonyl (C=O) groups excluding carboxylic acids is 1. The monoisotopic (exact) mass is 524 g/mol. The Bertz CT molecular complexity index is 1320. The van der Waals surface area contributed by atoms with Crippen molar-refractivity contribution in [1.29, 1.82) is 0 Å². The van der Waals surface area contributed by atoms with Gasteiger partial charge in [-0.15, -0.1) is 0 Å². The van der Waals surface area contributed by atoms with Crippen molar-refractivity contribution < 1.29 is 17.1 Å². The van der Waals surface area contributed by atoms with Gasteiger partial charge < -0.3 is 25.5 Å². The topological polar surface area (TPSA) is 119 Å². The Labute approximate surface area is 224 Å². The molecule has 0 spiro atoms. The van der Waals surface area contributed by atoms with Gasteiger partial charge in [0.15, 0.2) is 11.6 Å². The van der Waals surface area contributed by atoms with E-state index in [4.69, 9.17) is 9.97 Å². The van der Waals surface area contributed by atoms with Crippen molar-refractivity contribution in [2.45, 2.75) is 39.8 Å². The summed E-state index contributed by atoms with van der Waals surface area (Å²) in [6.07, 6.45) is 4.21. The van der Waals surface area contributed by atoms with Crippen molar-refractivity contribution in [3.63, 3.8) is 0 Å². The molecule has 3 N–H and O–H groups in total. The van der Waals surface area contributed by atoms with Crippen molar-refractivity contribution in [3.05, 3.63) is 53.7 Å². The van der Waals surface area contributed by atoms with Gasteiger partial charge in [0.05, 0.1) is 37.3 Å². The SMILES string of the molecule is C.CCNC(=O)Nc1ccc(-c2nc3c(c(N4CC5CC5C4CO)n2)CCN(c2ncc(F)cn2)C3)cc1.[HH].[HH]. The van der Waals surface area contributed by atoms with Crippen molar-refractivity contribution in [2.75, 3.05) is 41.4 Å². The predicted octanol–water partition coefficient (Wildman–Crippen LogP) is 3.72. The fourth-order valence-electron chi connectivity index (χ4n) is 5.50. The number of rotatable bonds is 6. The van der Waals surface area contributed by atoms with Crippen molar-refractivity contribution in [3.8, 4) is 11.4 Å². The van der Waals surface area contributed by atoms with Crippen molar-refractivity contribution >= 4 is 23.5 Å². The number of aromatic nitrogens is 4. The van der Waals surface area contributed by atoms with E-state index < -0.39 is 5.82 Å². The Balaban J connectivity index is 0.00000147. The molecule has 11 heteroatoms. The molecular formula is C27H37FN8O2. The number of fused-ring (bicyclic) bond motifs is 2. The van der Waals surface area contributed by atoms with Crippen LogP contribution in [0, 0.1) is 17.7 Å². The molecule has 3 atom stereocenters. The minimum absolute atomic E-state index is 0. The van der Waals surface area contributed by atoms with Crippen molar-refractivity contribution in [1.82, 2.24) is 25.3 Å². The van der Waals surface area contributed by atoms with Crippen LogP contribution in [0.2, 0.25) is 0 Å². The van der Waals surface area contributed by atoms with Crippen LogP contribution in [0.3, 0.4) is 0 Å². The molecule has 2 aliphatic heterocycles. The smallest absolute Gasteiger partial charge is 0.319 e. The highest BCUT2D eigenvalue weighted by Gasteiger charge is 2.53. The summed E-state index contributed by atoms with van der Waals surface area (Å²) in [7, 11) is 0. The number of aliphatic hydroxyl groups is 1. The van der Waals surface area contributed by atoms with Crippen LogP contribution in [-0.2, 0) is 13.0 Å². The van der Waals surface area contributed by atoms with Gasteiger partial charge >= 0.3 is 6.03 Å². The van der Waals surface area contributed by atoms with Crippen LogP contribution in [0.15, 0.2) is 36.7 Å². The fourth-order valence-corrected chi connectivity index (χ4v) is 5.50. The standard InChI is InChI=1S/C26H29FN8O2.CH4.2H2/c1-2-28-26(37)31-18-5-3-15(4-6-18)23-32-21-13-34(25-29-10-17(27)11-30-25)8-7-19(21)24(33-23)35-12-16-9-20(16)22(35)14-36;;;/h3-6,10-11,16,20,22,36H,2,7-9,12-14H2,1H3,(H2,28,31,37);1H4;2*1H. The molecule has 10 nitrogen and oxygen atoms in total. The van der Waals surface area contributed by atoms with Gasteiger partial charge in [-0.3, -0.25) is 0 Å². The number of benzene rings is 1. The molecule has 2 aromatic heterocycles. The zero-order chi connectivity index (χ0) is 25.5. The summed E-state index contributed by atoms with van der Waals surface area (Å²) in [5.74, 6) is 2.59. The lowest BCUT2D eigenvalue weighted by atomic mass is 10.0. The van der Waals surface area contributed by atoms with Crippen LogP contribution in [-0.4, -0.2) is 63.4 Å². The quantitative estimate of drug-likeness (QED) is 0.446. The second kappa shape index (κ2) is 10.5. The first-order chi connectivity index (χ1) is 18.0. The summed E-state index contributed by atoms with van der Waals surface area (Å²) < 4.78 is 13.4. The second-order valence-corrected chi connectivity index (χ2v) is 9.79. The number of anilines is 3. The molecule has 2 amide bonds. The molecule has 0 radical (unpaired) electrons. The normalized spacial score (nSPS) is 21.3. The van der Waals surface area contributed by atoms with Gasteiger partial charge in [-0.05, 0) is 55.9 Å². The van der Waals surface area contributed by atoms with E-state index in [1.54, 1.807) is 0 Å². The highest BCUT2D eigenvalue weighted by molar-refractivity contribution is 5.89. The molecule has 3 aliphatic rings. The van der Waals surface area contributed by atoms with E-state index in [9.17, 15) is 14.3 Å². The van der Waals surface area contributed by atoms with Gasteiger partial charge in [-0.25, -0.2) is 29.1 Å². The van der Waals surface area contributed by atoms with E-state index >= 15 is 0 Å². The molecule has 2 fully saturated rings. The van der Waals surface area contributed by atoms with Crippen LogP contribution >= 0.6 is 0 Å². The van der Waals surface area contributed by atoms with Crippen LogP contribution in [0.4, 0.5) is 26.6 Å². The number of nitrogens with zero attached hydrogens (tertiary/aromatic N) is 6. The first-order valence-electron chi connectivity index (χ1n) is 12.7. The third-order valence-electron chi connectivity index (χ3n) is 7.43. The van der Waals surface area contributed by atoms with E-state index in [-0.39, 0.29) is 29.0 Å². The Morgan fingerprint density at radius 2 is 1.97 bits per heavy atom. The number of amides is 2. The zero-order valence-corrected chi connectivity index (χ0v) is 20.6. The van der Waals surface area contributed by atoms with Gasteiger partial charge in [-0.2, -0.15) is 0 Å². The van der Waals surface area contributed by atoms with E-state index in [0.29, 0.717) is 55.4 Å². The van der Waals surface area contributed by atoms with Gasteiger partial charge in [0.25, 0.3) is 0 Å². The van der Waals surface area contributed by atoms with Crippen LogP contribution in [0.5, 0.6) is 0 Å². The summed E-state index contributed by atoms with van der Waals surface area (Å²) in [4.78, 5) is 34.4. The second-order valence-electron chi connectivity index (χ2n) is 9.79. The number of hydrogen-bond acceptors (Lipinski definition) is 8. The number of aliphatic hydroxyl groups excluding tert-OH is 1. The van der Waals surface area contributed by atoms with Crippen LogP contribution in [0.25, 0.3) is 11.4 Å². The maximum absolute atomic E-state index is 13.4. The molecular weight excluding hydrogens is 487 g/mol. The molecule has 4 heterocycles. The summed E-state index contributed by atoms with van der Waals surface area (Å²) in [6.45, 7) is 4.54. The lowest BCUT2D eigenvalue weighted by molar-refractivity contribution is 0.252. The lowest BCUT2D eigenvalue weighted by Gasteiger charge is -2.34. The maximum atomic E-state index is 13.4. The summed E-state index contributed by atoms with van der Waals surface area (Å²) >= 11 is 0. The summed E-state index contributed by atoms with van der Waals surface area (Å²) in [5, 5.41) is 15.7. The van der Waals surface area contributed by atoms with Crippen molar-refractivity contribution in [2.24, 2.45) is 11.8 Å². The van der Waals surface area contributed by atoms with E-state index in [0.717, 1.165) is 35.6 Å². The number of piperidine rings is 1. The minimum atomic E-state index is -0.471. The average Bonchev–Trinajstić information content (AvgIpc) is 3.58. The molecule has 1 aliphatic carbocycles. The van der Waals surface area contributed by atoms with Gasteiger partial charge in [0.2, 0.25) is 5.95 Å². The first kappa shape index (κ1) is 25.8. The predicted molar refractivity (Wildman–Crippen MR) is 148 cm³/mol. The highest BCUT2D eigenvalue weighted by Crippen LogP contribution is 2.51. The van der Waals surface area contributed by atoms with E-state index in [1.165, 1.54) is 12.4 Å².